The molecule has 0 fully saturated rings. The predicted octanol–water partition coefficient (Wildman–Crippen LogP) is 2.21. The van der Waals surface area contributed by atoms with Gasteiger partial charge in [-0.15, -0.1) is 0 Å². The van der Waals surface area contributed by atoms with Crippen LogP contribution in [0.3, 0.4) is 0 Å². The summed E-state index contributed by atoms with van der Waals surface area (Å²) >= 11 is 0. The monoisotopic (exact) mass is 182 g/mol. The molecule has 0 aliphatic heterocycles. The Morgan fingerprint density at radius 1 is 1.54 bits per heavy atom. The Hall–Kier alpha value is -1.38. The molecule has 0 heterocycles. The van der Waals surface area contributed by atoms with Crippen molar-refractivity contribution < 1.29 is 13.9 Å². The van der Waals surface area contributed by atoms with Gasteiger partial charge in [0.2, 0.25) is 0 Å². The summed E-state index contributed by atoms with van der Waals surface area (Å²) in [7, 11) is 1.41. The number of aryl methyl sites for hydroxylation is 1. The molecule has 0 saturated carbocycles. The van der Waals surface area contributed by atoms with E-state index in [-0.39, 0.29) is 11.6 Å². The summed E-state index contributed by atoms with van der Waals surface area (Å²) in [4.78, 5) is 10.6. The fourth-order valence-electron chi connectivity index (χ4n) is 1.16. The molecule has 3 heteroatoms. The van der Waals surface area contributed by atoms with E-state index in [1.165, 1.54) is 19.2 Å². The van der Waals surface area contributed by atoms with Crippen LogP contribution in [0, 0.1) is 5.82 Å². The van der Waals surface area contributed by atoms with Gasteiger partial charge in [-0.05, 0) is 18.1 Å². The lowest BCUT2D eigenvalue weighted by atomic mass is 10.1. The van der Waals surface area contributed by atoms with Crippen LogP contribution in [0.1, 0.15) is 22.8 Å². The molecule has 0 bridgehead atoms. The van der Waals surface area contributed by atoms with E-state index in [1.807, 2.05) is 6.92 Å². The van der Waals surface area contributed by atoms with Crippen molar-refractivity contribution in [3.05, 3.63) is 29.1 Å². The van der Waals surface area contributed by atoms with E-state index in [0.29, 0.717) is 23.8 Å². The van der Waals surface area contributed by atoms with E-state index in [4.69, 9.17) is 4.74 Å². The molecule has 0 aliphatic carbocycles. The highest BCUT2D eigenvalue weighted by Gasteiger charge is 2.07. The molecule has 0 radical (unpaired) electrons. The first-order valence-electron chi connectivity index (χ1n) is 4.04. The van der Waals surface area contributed by atoms with Crippen LogP contribution in [0.4, 0.5) is 4.39 Å². The number of carbonyl (C=O) groups excluding carboxylic acids is 1. The summed E-state index contributed by atoms with van der Waals surface area (Å²) in [6, 6.07) is 2.75. The maximum atomic E-state index is 13.2. The van der Waals surface area contributed by atoms with E-state index in [0.717, 1.165) is 0 Å². The largest absolute Gasteiger partial charge is 0.496 e. The molecule has 2 nitrogen and oxygen atoms in total. The number of halogens is 1. The molecule has 13 heavy (non-hydrogen) atoms. The Morgan fingerprint density at radius 2 is 2.23 bits per heavy atom. The highest BCUT2D eigenvalue weighted by molar-refractivity contribution is 5.79. The number of ether oxygens (including phenoxy) is 1. The average Bonchev–Trinajstić information content (AvgIpc) is 2.17. The zero-order valence-electron chi connectivity index (χ0n) is 7.63. The third kappa shape index (κ3) is 1.86. The summed E-state index contributed by atoms with van der Waals surface area (Å²) in [5, 5.41) is 0. The molecule has 0 aromatic heterocycles. The maximum absolute atomic E-state index is 13.2. The molecule has 0 spiro atoms. The molecule has 70 valence electrons. The van der Waals surface area contributed by atoms with Gasteiger partial charge in [0.05, 0.1) is 12.7 Å². The van der Waals surface area contributed by atoms with Crippen LogP contribution in [0.25, 0.3) is 0 Å². The minimum Gasteiger partial charge on any atom is -0.496 e. The molecule has 0 atom stereocenters. The van der Waals surface area contributed by atoms with Gasteiger partial charge in [0.15, 0.2) is 6.29 Å². The average molecular weight is 182 g/mol. The van der Waals surface area contributed by atoms with Gasteiger partial charge in [0.25, 0.3) is 0 Å². The molecule has 0 aliphatic rings. The van der Waals surface area contributed by atoms with E-state index in [2.05, 4.69) is 0 Å². The smallest absolute Gasteiger partial charge is 0.153 e. The molecule has 0 saturated heterocycles. The van der Waals surface area contributed by atoms with Crippen molar-refractivity contribution in [2.24, 2.45) is 0 Å². The Balaban J connectivity index is 3.26. The third-order valence-corrected chi connectivity index (χ3v) is 1.91. The molecule has 0 amide bonds. The minimum absolute atomic E-state index is 0.282. The van der Waals surface area contributed by atoms with Gasteiger partial charge in [-0.1, -0.05) is 6.92 Å². The Kier molecular flexibility index (Phi) is 3.01. The zero-order valence-corrected chi connectivity index (χ0v) is 7.63. The lowest BCUT2D eigenvalue weighted by molar-refractivity contribution is 0.112. The minimum atomic E-state index is -0.329. The first-order valence-corrected chi connectivity index (χ1v) is 4.04. The normalized spacial score (nSPS) is 9.77. The van der Waals surface area contributed by atoms with Gasteiger partial charge < -0.3 is 4.74 Å². The van der Waals surface area contributed by atoms with Crippen LogP contribution in [-0.4, -0.2) is 13.4 Å². The van der Waals surface area contributed by atoms with Gasteiger partial charge in [0, 0.05) is 6.07 Å². The Morgan fingerprint density at radius 3 is 2.69 bits per heavy atom. The molecular weight excluding hydrogens is 171 g/mol. The zero-order chi connectivity index (χ0) is 9.84. The van der Waals surface area contributed by atoms with E-state index < -0.39 is 0 Å². The number of carbonyl (C=O) groups is 1. The van der Waals surface area contributed by atoms with E-state index >= 15 is 0 Å². The van der Waals surface area contributed by atoms with Crippen molar-refractivity contribution in [1.29, 1.82) is 0 Å². The second-order valence-electron chi connectivity index (χ2n) is 2.66. The highest BCUT2D eigenvalue weighted by atomic mass is 19.1. The number of aldehydes is 1. The van der Waals surface area contributed by atoms with Gasteiger partial charge in [0.1, 0.15) is 11.6 Å². The fraction of sp³-hybridized carbons (Fsp3) is 0.300. The predicted molar refractivity (Wildman–Crippen MR) is 47.7 cm³/mol. The SMILES string of the molecule is CCc1cc(C=O)c(OC)cc1F. The molecule has 1 aromatic rings. The van der Waals surface area contributed by atoms with Crippen LogP contribution in [-0.2, 0) is 6.42 Å². The van der Waals surface area contributed by atoms with Crippen molar-refractivity contribution in [1.82, 2.24) is 0 Å². The first kappa shape index (κ1) is 9.71. The summed E-state index contributed by atoms with van der Waals surface area (Å²) in [6.07, 6.45) is 1.23. The van der Waals surface area contributed by atoms with Crippen molar-refractivity contribution in [3.8, 4) is 5.75 Å². The Labute approximate surface area is 76.3 Å². The number of hydrogen-bond donors (Lipinski definition) is 0. The maximum Gasteiger partial charge on any atom is 0.153 e. The van der Waals surface area contributed by atoms with Crippen LogP contribution < -0.4 is 4.74 Å². The summed E-state index contributed by atoms with van der Waals surface area (Å²) < 4.78 is 18.0. The van der Waals surface area contributed by atoms with Crippen molar-refractivity contribution in [3.63, 3.8) is 0 Å². The summed E-state index contributed by atoms with van der Waals surface area (Å²) in [6.45, 7) is 1.83. The van der Waals surface area contributed by atoms with Gasteiger partial charge in [-0.3, -0.25) is 4.79 Å². The Bertz CT molecular complexity index is 321. The molecule has 1 aromatic carbocycles. The second-order valence-corrected chi connectivity index (χ2v) is 2.66. The van der Waals surface area contributed by atoms with E-state index in [1.54, 1.807) is 0 Å². The fourth-order valence-corrected chi connectivity index (χ4v) is 1.16. The van der Waals surface area contributed by atoms with Gasteiger partial charge >= 0.3 is 0 Å². The van der Waals surface area contributed by atoms with Crippen molar-refractivity contribution in [2.45, 2.75) is 13.3 Å². The summed E-state index contributed by atoms with van der Waals surface area (Å²) in [5.74, 6) is -0.0466. The molecule has 1 rings (SSSR count). The number of hydrogen-bond acceptors (Lipinski definition) is 2. The van der Waals surface area contributed by atoms with Crippen LogP contribution in [0.5, 0.6) is 5.75 Å². The first-order chi connectivity index (χ1) is 6.22. The van der Waals surface area contributed by atoms with E-state index in [9.17, 15) is 9.18 Å². The number of rotatable bonds is 3. The summed E-state index contributed by atoms with van der Waals surface area (Å²) in [5.41, 5.74) is 0.920. The van der Waals surface area contributed by atoms with Crippen LogP contribution >= 0.6 is 0 Å². The molecular formula is C10H11FO2. The quantitative estimate of drug-likeness (QED) is 0.670. The topological polar surface area (TPSA) is 26.3 Å². The standard InChI is InChI=1S/C10H11FO2/c1-3-7-4-8(6-12)10(13-2)5-9(7)11/h4-6H,3H2,1-2H3. The van der Waals surface area contributed by atoms with Crippen molar-refractivity contribution in [2.75, 3.05) is 7.11 Å². The van der Waals surface area contributed by atoms with Gasteiger partial charge in [-0.25, -0.2) is 4.39 Å². The highest BCUT2D eigenvalue weighted by Crippen LogP contribution is 2.21. The third-order valence-electron chi connectivity index (χ3n) is 1.91. The lowest BCUT2D eigenvalue weighted by Crippen LogP contribution is -1.96. The van der Waals surface area contributed by atoms with Crippen LogP contribution in [0.2, 0.25) is 0 Å². The molecule has 0 unspecified atom stereocenters. The molecule has 0 N–H and O–H groups in total. The number of methoxy groups -OCH3 is 1. The number of benzene rings is 1. The van der Waals surface area contributed by atoms with Crippen molar-refractivity contribution >= 4 is 6.29 Å². The van der Waals surface area contributed by atoms with Crippen LogP contribution in [0.15, 0.2) is 12.1 Å². The van der Waals surface area contributed by atoms with Gasteiger partial charge in [-0.2, -0.15) is 0 Å². The second kappa shape index (κ2) is 4.03. The lowest BCUT2D eigenvalue weighted by Gasteiger charge is -2.06.